The second-order valence-corrected chi connectivity index (χ2v) is 7.56. The van der Waals surface area contributed by atoms with Crippen LogP contribution in [0.25, 0.3) is 0 Å². The fourth-order valence-electron chi connectivity index (χ4n) is 4.02. The highest BCUT2D eigenvalue weighted by molar-refractivity contribution is 5.03. The first-order valence-electron chi connectivity index (χ1n) is 7.89. The molecule has 0 aromatic rings. The second kappa shape index (κ2) is 5.13. The van der Waals surface area contributed by atoms with E-state index in [1.54, 1.807) is 0 Å². The summed E-state index contributed by atoms with van der Waals surface area (Å²) < 4.78 is 0. The van der Waals surface area contributed by atoms with Crippen molar-refractivity contribution in [1.29, 1.82) is 0 Å². The number of rotatable bonds is 4. The van der Waals surface area contributed by atoms with Crippen LogP contribution in [0.4, 0.5) is 0 Å². The lowest BCUT2D eigenvalue weighted by atomic mass is 9.74. The summed E-state index contributed by atoms with van der Waals surface area (Å²) in [4.78, 5) is 2.74. The van der Waals surface area contributed by atoms with Gasteiger partial charge in [0.15, 0.2) is 0 Å². The van der Waals surface area contributed by atoms with E-state index in [1.165, 1.54) is 45.2 Å². The van der Waals surface area contributed by atoms with E-state index in [0.717, 1.165) is 18.4 Å². The zero-order valence-electron chi connectivity index (χ0n) is 12.8. The Labute approximate surface area is 113 Å². The fraction of sp³-hybridized carbons (Fsp3) is 1.00. The summed E-state index contributed by atoms with van der Waals surface area (Å²) in [7, 11) is 0. The number of nitrogens with two attached hydrogens (primary N) is 1. The Balaban J connectivity index is 1.99. The van der Waals surface area contributed by atoms with E-state index in [9.17, 15) is 0 Å². The highest BCUT2D eigenvalue weighted by Crippen LogP contribution is 2.46. The summed E-state index contributed by atoms with van der Waals surface area (Å²) in [6, 6.07) is 0. The molecule has 106 valence electrons. The minimum atomic E-state index is 0.336. The fourth-order valence-corrected chi connectivity index (χ4v) is 4.02. The molecular weight excluding hydrogens is 220 g/mol. The van der Waals surface area contributed by atoms with Crippen molar-refractivity contribution in [3.63, 3.8) is 0 Å². The summed E-state index contributed by atoms with van der Waals surface area (Å²) in [6.45, 7) is 12.9. The SMILES string of the molecule is CCC(CN)(C1CC1)N1CCC(C(C)(C)C)CC1. The number of hydrogen-bond acceptors (Lipinski definition) is 2. The van der Waals surface area contributed by atoms with Crippen LogP contribution < -0.4 is 5.73 Å². The van der Waals surface area contributed by atoms with Crippen molar-refractivity contribution in [3.05, 3.63) is 0 Å². The van der Waals surface area contributed by atoms with E-state index >= 15 is 0 Å². The molecule has 1 aliphatic carbocycles. The van der Waals surface area contributed by atoms with Gasteiger partial charge in [0.05, 0.1) is 0 Å². The van der Waals surface area contributed by atoms with E-state index in [4.69, 9.17) is 5.73 Å². The number of likely N-dealkylation sites (tertiary alicyclic amines) is 1. The Kier molecular flexibility index (Phi) is 4.08. The van der Waals surface area contributed by atoms with Crippen LogP contribution in [0, 0.1) is 17.3 Å². The molecule has 18 heavy (non-hydrogen) atoms. The molecule has 1 unspecified atom stereocenters. The predicted molar refractivity (Wildman–Crippen MR) is 78.6 cm³/mol. The zero-order valence-corrected chi connectivity index (χ0v) is 12.8. The molecule has 2 N–H and O–H groups in total. The van der Waals surface area contributed by atoms with Gasteiger partial charge in [-0.3, -0.25) is 4.90 Å². The van der Waals surface area contributed by atoms with Crippen LogP contribution >= 0.6 is 0 Å². The molecule has 2 aliphatic rings. The quantitative estimate of drug-likeness (QED) is 0.832. The van der Waals surface area contributed by atoms with Crippen LogP contribution in [-0.4, -0.2) is 30.1 Å². The minimum absolute atomic E-state index is 0.336. The average molecular weight is 252 g/mol. The molecule has 1 atom stereocenters. The van der Waals surface area contributed by atoms with Gasteiger partial charge in [-0.15, -0.1) is 0 Å². The lowest BCUT2D eigenvalue weighted by molar-refractivity contribution is 0.0140. The number of nitrogens with zero attached hydrogens (tertiary/aromatic N) is 1. The van der Waals surface area contributed by atoms with Gasteiger partial charge in [0, 0.05) is 12.1 Å². The van der Waals surface area contributed by atoms with Gasteiger partial charge in [0.25, 0.3) is 0 Å². The van der Waals surface area contributed by atoms with Gasteiger partial charge in [-0.1, -0.05) is 27.7 Å². The van der Waals surface area contributed by atoms with Crippen molar-refractivity contribution in [1.82, 2.24) is 4.90 Å². The first-order valence-corrected chi connectivity index (χ1v) is 7.89. The molecule has 0 radical (unpaired) electrons. The van der Waals surface area contributed by atoms with Crippen LogP contribution in [0.2, 0.25) is 0 Å². The van der Waals surface area contributed by atoms with Crippen molar-refractivity contribution in [2.24, 2.45) is 23.0 Å². The summed E-state index contributed by atoms with van der Waals surface area (Å²) in [5, 5.41) is 0. The maximum Gasteiger partial charge on any atom is 0.0357 e. The minimum Gasteiger partial charge on any atom is -0.329 e. The molecule has 2 fully saturated rings. The Morgan fingerprint density at radius 2 is 1.56 bits per heavy atom. The molecule has 0 bridgehead atoms. The molecule has 0 spiro atoms. The Morgan fingerprint density at radius 1 is 1.00 bits per heavy atom. The molecule has 0 amide bonds. The number of piperidine rings is 1. The Morgan fingerprint density at radius 3 is 1.89 bits per heavy atom. The molecule has 1 saturated carbocycles. The average Bonchev–Trinajstić information content (AvgIpc) is 3.16. The molecule has 1 aliphatic heterocycles. The first kappa shape index (κ1) is 14.3. The summed E-state index contributed by atoms with van der Waals surface area (Å²) in [5.41, 5.74) is 6.98. The van der Waals surface area contributed by atoms with Gasteiger partial charge in [0.1, 0.15) is 0 Å². The van der Waals surface area contributed by atoms with E-state index < -0.39 is 0 Å². The normalized spacial score (nSPS) is 27.2. The van der Waals surface area contributed by atoms with E-state index in [1.807, 2.05) is 0 Å². The molecule has 0 aromatic heterocycles. The summed E-state index contributed by atoms with van der Waals surface area (Å²) in [6.07, 6.45) is 6.76. The monoisotopic (exact) mass is 252 g/mol. The topological polar surface area (TPSA) is 29.3 Å². The van der Waals surface area contributed by atoms with Gasteiger partial charge in [-0.2, -0.15) is 0 Å². The standard InChI is InChI=1S/C16H32N2/c1-5-16(12-17,14-6-7-14)18-10-8-13(9-11-18)15(2,3)4/h13-14H,5-12,17H2,1-4H3. The van der Waals surface area contributed by atoms with E-state index in [2.05, 4.69) is 32.6 Å². The third-order valence-corrected chi connectivity index (χ3v) is 5.65. The lowest BCUT2D eigenvalue weighted by Gasteiger charge is -2.49. The van der Waals surface area contributed by atoms with Crippen LogP contribution in [0.1, 0.15) is 59.8 Å². The maximum atomic E-state index is 6.17. The van der Waals surface area contributed by atoms with Crippen LogP contribution in [0.15, 0.2) is 0 Å². The molecule has 2 nitrogen and oxygen atoms in total. The van der Waals surface area contributed by atoms with Crippen molar-refractivity contribution in [2.45, 2.75) is 65.3 Å². The molecule has 0 aromatic carbocycles. The molecular formula is C16H32N2. The smallest absolute Gasteiger partial charge is 0.0357 e. The Hall–Kier alpha value is -0.0800. The lowest BCUT2D eigenvalue weighted by Crippen LogP contribution is -2.58. The molecule has 2 rings (SSSR count). The van der Waals surface area contributed by atoms with Crippen molar-refractivity contribution < 1.29 is 0 Å². The first-order chi connectivity index (χ1) is 8.44. The van der Waals surface area contributed by atoms with Crippen LogP contribution in [-0.2, 0) is 0 Å². The van der Waals surface area contributed by atoms with Gasteiger partial charge >= 0.3 is 0 Å². The zero-order chi connectivity index (χ0) is 13.4. The van der Waals surface area contributed by atoms with E-state index in [-0.39, 0.29) is 0 Å². The van der Waals surface area contributed by atoms with E-state index in [0.29, 0.717) is 11.0 Å². The maximum absolute atomic E-state index is 6.17. The molecule has 1 heterocycles. The van der Waals surface area contributed by atoms with Crippen LogP contribution in [0.3, 0.4) is 0 Å². The predicted octanol–water partition coefficient (Wildman–Crippen LogP) is 3.26. The Bertz CT molecular complexity index is 263. The molecule has 1 saturated heterocycles. The highest BCUT2D eigenvalue weighted by atomic mass is 15.2. The third kappa shape index (κ3) is 2.60. The van der Waals surface area contributed by atoms with Gasteiger partial charge in [-0.25, -0.2) is 0 Å². The van der Waals surface area contributed by atoms with Crippen molar-refractivity contribution in [2.75, 3.05) is 19.6 Å². The van der Waals surface area contributed by atoms with Crippen molar-refractivity contribution in [3.8, 4) is 0 Å². The highest BCUT2D eigenvalue weighted by Gasteiger charge is 2.48. The van der Waals surface area contributed by atoms with Gasteiger partial charge in [0.2, 0.25) is 0 Å². The summed E-state index contributed by atoms with van der Waals surface area (Å²) >= 11 is 0. The third-order valence-electron chi connectivity index (χ3n) is 5.65. The molecule has 2 heteroatoms. The van der Waals surface area contributed by atoms with Crippen LogP contribution in [0.5, 0.6) is 0 Å². The second-order valence-electron chi connectivity index (χ2n) is 7.56. The number of hydrogen-bond donors (Lipinski definition) is 1. The van der Waals surface area contributed by atoms with Gasteiger partial charge in [-0.05, 0) is 62.4 Å². The summed E-state index contributed by atoms with van der Waals surface area (Å²) in [5.74, 6) is 1.78. The van der Waals surface area contributed by atoms with Crippen molar-refractivity contribution >= 4 is 0 Å². The largest absolute Gasteiger partial charge is 0.329 e. The van der Waals surface area contributed by atoms with Gasteiger partial charge < -0.3 is 5.73 Å².